The van der Waals surface area contributed by atoms with Gasteiger partial charge >= 0.3 is 0 Å². The van der Waals surface area contributed by atoms with Gasteiger partial charge in [0.25, 0.3) is 11.1 Å². The lowest BCUT2D eigenvalue weighted by atomic mass is 10.1. The first-order valence-corrected chi connectivity index (χ1v) is 22.1. The van der Waals surface area contributed by atoms with E-state index in [0.717, 1.165) is 55.7 Å². The predicted octanol–water partition coefficient (Wildman–Crippen LogP) is 8.04. The second-order valence-electron chi connectivity index (χ2n) is 17.3. The minimum atomic E-state index is -1.12. The summed E-state index contributed by atoms with van der Waals surface area (Å²) in [5.74, 6) is 0.695. The number of hydrogen-bond donors (Lipinski definition) is 4. The third kappa shape index (κ3) is 10.0. The average Bonchev–Trinajstić information content (AvgIpc) is 3.69. The van der Waals surface area contributed by atoms with Crippen LogP contribution in [0.3, 0.4) is 0 Å². The maximum absolute atomic E-state index is 13.0. The summed E-state index contributed by atoms with van der Waals surface area (Å²) in [5, 5.41) is 26.0. The summed E-state index contributed by atoms with van der Waals surface area (Å²) < 4.78 is 6.96. The van der Waals surface area contributed by atoms with E-state index in [4.69, 9.17) is 28.9 Å². The number of nitrogens with two attached hydrogens (primary N) is 1. The van der Waals surface area contributed by atoms with Gasteiger partial charge in [-0.1, -0.05) is 41.4 Å². The molecule has 0 saturated carbocycles. The largest absolute Gasteiger partial charge is 0.399 e. The maximum atomic E-state index is 13.0. The Hall–Kier alpha value is -7.17. The number of nitrogen functional groups attached to an aromatic ring is 1. The summed E-state index contributed by atoms with van der Waals surface area (Å²) in [6, 6.07) is 26.3. The Morgan fingerprint density at radius 1 is 0.612 bits per heavy atom. The molecule has 0 saturated heterocycles. The molecule has 5 heterocycles. The summed E-state index contributed by atoms with van der Waals surface area (Å²) in [7, 11) is 3.48. The highest BCUT2D eigenvalue weighted by Crippen LogP contribution is 2.29. The number of fused-ring (bicyclic) bond motifs is 2. The van der Waals surface area contributed by atoms with Crippen molar-refractivity contribution in [3.8, 4) is 22.3 Å². The van der Waals surface area contributed by atoms with E-state index in [1.807, 2.05) is 82.3 Å². The molecule has 67 heavy (non-hydrogen) atoms. The lowest BCUT2D eigenvalue weighted by molar-refractivity contribution is 0.0682. The average molecular weight is 939 g/mol. The molecule has 0 aliphatic rings. The number of halogens is 2. The molecule has 0 fully saturated rings. The maximum Gasteiger partial charge on any atom is 0.274 e. The second kappa shape index (κ2) is 18.6. The molecule has 0 aliphatic carbocycles. The van der Waals surface area contributed by atoms with Gasteiger partial charge in [0.05, 0.1) is 34.9 Å². The lowest BCUT2D eigenvalue weighted by Crippen LogP contribution is -2.19. The van der Waals surface area contributed by atoms with Crippen LogP contribution < -0.4 is 22.2 Å². The first kappa shape index (κ1) is 46.4. The Kier molecular flexibility index (Phi) is 12.9. The fourth-order valence-electron chi connectivity index (χ4n) is 7.62. The van der Waals surface area contributed by atoms with Crippen molar-refractivity contribution in [3.05, 3.63) is 181 Å². The third-order valence-corrected chi connectivity index (χ3v) is 12.1. The van der Waals surface area contributed by atoms with Gasteiger partial charge in [0, 0.05) is 90.4 Å². The summed E-state index contributed by atoms with van der Waals surface area (Å²) in [5.41, 5.74) is 12.7. The minimum Gasteiger partial charge on any atom is -0.399 e. The third-order valence-electron chi connectivity index (χ3n) is 11.4. The number of pyridine rings is 1. The highest BCUT2D eigenvalue weighted by molar-refractivity contribution is 6.31. The molecule has 5 N–H and O–H groups in total. The van der Waals surface area contributed by atoms with E-state index in [0.29, 0.717) is 57.8 Å². The monoisotopic (exact) mass is 937 g/mol. The Labute approximate surface area is 395 Å². The quantitative estimate of drug-likeness (QED) is 0.0917. The van der Waals surface area contributed by atoms with Crippen LogP contribution in [0.25, 0.3) is 44.1 Å². The number of hydrogen-bond acceptors (Lipinski definition) is 11. The number of nitrogens with zero attached hydrogens (tertiary/aromatic N) is 9. The van der Waals surface area contributed by atoms with Gasteiger partial charge < -0.3 is 21.3 Å². The van der Waals surface area contributed by atoms with Crippen LogP contribution in [0.2, 0.25) is 10.0 Å². The van der Waals surface area contributed by atoms with Crippen LogP contribution in [-0.2, 0) is 44.9 Å². The standard InChI is InChI=1S/C28H27ClN6O2.C22H22ClN5O2/c1-28(2,37)27-32-15-21(16-33-27)19-6-8-23-25(12-19)35(34(3)26(23)36)17-20-11-22(7-9-24(20)29)31-14-18-5-4-10-30-13-18;1-22(2,30)21-25-10-15(11-26-21)13-4-6-17-19(9-13)28(27(3)20(17)29)12-14-8-16(24)5-7-18(14)23/h4-13,15-16,31,37H,14,17H2,1-3H3;4-11,30H,12,24H2,1-3H3. The van der Waals surface area contributed by atoms with Crippen molar-refractivity contribution in [3.63, 3.8) is 0 Å². The SMILES string of the molecule is Cn1c(=O)c2ccc(-c3cnc(C(C)(C)O)nc3)cc2n1Cc1cc(N)ccc1Cl.Cn1c(=O)c2ccc(-c3cnc(C(C)(C)O)nc3)cc2n1Cc1cc(NCc2cccnc2)ccc1Cl. The van der Waals surface area contributed by atoms with Gasteiger partial charge in [0.2, 0.25) is 0 Å². The smallest absolute Gasteiger partial charge is 0.274 e. The van der Waals surface area contributed by atoms with Crippen LogP contribution in [0.5, 0.6) is 0 Å². The topological polar surface area (TPSA) is 197 Å². The van der Waals surface area contributed by atoms with Gasteiger partial charge in [-0.3, -0.25) is 33.3 Å². The Balaban J connectivity index is 0.000000186. The number of aliphatic hydroxyl groups is 2. The molecule has 0 bridgehead atoms. The van der Waals surface area contributed by atoms with E-state index in [9.17, 15) is 19.8 Å². The van der Waals surface area contributed by atoms with Gasteiger partial charge in [0.15, 0.2) is 11.6 Å². The van der Waals surface area contributed by atoms with Crippen molar-refractivity contribution in [2.45, 2.75) is 58.5 Å². The molecule has 0 radical (unpaired) electrons. The Bertz CT molecular complexity index is 3370. The molecule has 9 rings (SSSR count). The Morgan fingerprint density at radius 3 is 1.55 bits per heavy atom. The fraction of sp³-hybridized carbons (Fsp3) is 0.220. The van der Waals surface area contributed by atoms with E-state index in [-0.39, 0.29) is 11.1 Å². The van der Waals surface area contributed by atoms with Crippen molar-refractivity contribution < 1.29 is 10.2 Å². The minimum absolute atomic E-state index is 0.0860. The molecule has 4 aromatic carbocycles. The van der Waals surface area contributed by atoms with Gasteiger partial charge in [-0.15, -0.1) is 0 Å². The van der Waals surface area contributed by atoms with Crippen molar-refractivity contribution in [1.82, 2.24) is 43.6 Å². The van der Waals surface area contributed by atoms with Crippen molar-refractivity contribution in [2.75, 3.05) is 11.1 Å². The highest BCUT2D eigenvalue weighted by Gasteiger charge is 2.21. The van der Waals surface area contributed by atoms with Crippen LogP contribution in [0.1, 0.15) is 56.0 Å². The molecule has 0 amide bonds. The van der Waals surface area contributed by atoms with E-state index < -0.39 is 11.2 Å². The normalized spacial score (nSPS) is 11.8. The number of benzene rings is 4. The number of nitrogens with one attached hydrogen (secondary N) is 1. The second-order valence-corrected chi connectivity index (χ2v) is 18.1. The Morgan fingerprint density at radius 2 is 1.09 bits per heavy atom. The zero-order chi connectivity index (χ0) is 47.8. The fourth-order valence-corrected chi connectivity index (χ4v) is 7.98. The van der Waals surface area contributed by atoms with Gasteiger partial charge in [0.1, 0.15) is 11.2 Å². The zero-order valence-electron chi connectivity index (χ0n) is 37.7. The molecule has 0 unspecified atom stereocenters. The molecule has 9 aromatic rings. The molecule has 0 atom stereocenters. The van der Waals surface area contributed by atoms with Gasteiger partial charge in [-0.25, -0.2) is 19.9 Å². The highest BCUT2D eigenvalue weighted by atomic mass is 35.5. The van der Waals surface area contributed by atoms with Crippen molar-refractivity contribution >= 4 is 56.4 Å². The molecule has 17 heteroatoms. The van der Waals surface area contributed by atoms with E-state index in [1.165, 1.54) is 0 Å². The summed E-state index contributed by atoms with van der Waals surface area (Å²) in [6.45, 7) is 8.01. The van der Waals surface area contributed by atoms with Crippen LogP contribution in [-0.4, -0.2) is 53.9 Å². The first-order chi connectivity index (χ1) is 31.8. The number of aromatic nitrogens is 9. The summed E-state index contributed by atoms with van der Waals surface area (Å²) >= 11 is 12.9. The summed E-state index contributed by atoms with van der Waals surface area (Å²) in [6.07, 6.45) is 10.3. The number of rotatable bonds is 11. The van der Waals surface area contributed by atoms with Crippen LogP contribution >= 0.6 is 23.2 Å². The van der Waals surface area contributed by atoms with Crippen LogP contribution in [0.15, 0.2) is 132 Å². The predicted molar refractivity (Wildman–Crippen MR) is 264 cm³/mol. The molecule has 0 spiro atoms. The molecule has 342 valence electrons. The van der Waals surface area contributed by atoms with Crippen LogP contribution in [0.4, 0.5) is 11.4 Å². The van der Waals surface area contributed by atoms with E-state index in [2.05, 4.69) is 30.2 Å². The van der Waals surface area contributed by atoms with Crippen molar-refractivity contribution in [1.29, 1.82) is 0 Å². The molecule has 5 aromatic heterocycles. The first-order valence-electron chi connectivity index (χ1n) is 21.3. The van der Waals surface area contributed by atoms with Gasteiger partial charge in [-0.05, 0) is 122 Å². The molecule has 0 aliphatic heterocycles. The molecular weight excluding hydrogens is 890 g/mol. The van der Waals surface area contributed by atoms with E-state index in [1.54, 1.807) is 100 Å². The van der Waals surface area contributed by atoms with Crippen molar-refractivity contribution in [2.24, 2.45) is 14.1 Å². The molecule has 15 nitrogen and oxygen atoms in total. The zero-order valence-corrected chi connectivity index (χ0v) is 39.2. The molecular formula is C50H49Cl2N11O4. The lowest BCUT2D eigenvalue weighted by Gasteiger charge is -2.15. The van der Waals surface area contributed by atoms with Gasteiger partial charge in [-0.2, -0.15) is 0 Å². The number of anilines is 2. The van der Waals surface area contributed by atoms with Crippen LogP contribution in [0, 0.1) is 0 Å². The summed E-state index contributed by atoms with van der Waals surface area (Å²) in [4.78, 5) is 47.1. The van der Waals surface area contributed by atoms with E-state index >= 15 is 0 Å².